The Morgan fingerprint density at radius 1 is 1.29 bits per heavy atom. The molecule has 1 rings (SSSR count). The van der Waals surface area contributed by atoms with Gasteiger partial charge in [0.05, 0.1) is 0 Å². The van der Waals surface area contributed by atoms with Crippen molar-refractivity contribution in [2.24, 2.45) is 5.73 Å². The second-order valence-electron chi connectivity index (χ2n) is 4.18. The van der Waals surface area contributed by atoms with Gasteiger partial charge in [0, 0.05) is 25.2 Å². The number of likely N-dealkylation sites (N-methyl/N-ethyl adjacent to an activating group) is 1. The second kappa shape index (κ2) is 6.38. The number of hydrogen-bond donors (Lipinski definition) is 2. The molecule has 0 aromatic heterocycles. The van der Waals surface area contributed by atoms with E-state index in [0.717, 1.165) is 26.2 Å². The minimum absolute atomic E-state index is 0.395. The third-order valence-corrected chi connectivity index (χ3v) is 3.30. The highest BCUT2D eigenvalue weighted by Crippen LogP contribution is 2.16. The molecule has 2 atom stereocenters. The van der Waals surface area contributed by atoms with Crippen molar-refractivity contribution < 1.29 is 0 Å². The maximum Gasteiger partial charge on any atom is 0.0219 e. The largest absolute Gasteiger partial charge is 0.326 e. The maximum absolute atomic E-state index is 5.98. The molecule has 0 radical (unpaired) electrons. The maximum atomic E-state index is 5.98. The van der Waals surface area contributed by atoms with E-state index in [2.05, 4.69) is 24.1 Å². The topological polar surface area (TPSA) is 41.3 Å². The number of hydrogen-bond acceptors (Lipinski definition) is 3. The molecule has 0 aromatic rings. The van der Waals surface area contributed by atoms with Crippen LogP contribution in [0.15, 0.2) is 0 Å². The fourth-order valence-corrected chi connectivity index (χ4v) is 2.19. The van der Waals surface area contributed by atoms with Gasteiger partial charge in [-0.1, -0.05) is 20.3 Å². The molecule has 3 nitrogen and oxygen atoms in total. The molecule has 0 bridgehead atoms. The summed E-state index contributed by atoms with van der Waals surface area (Å²) in [5, 5.41) is 3.56. The van der Waals surface area contributed by atoms with Gasteiger partial charge in [0.15, 0.2) is 0 Å². The third-order valence-electron chi connectivity index (χ3n) is 3.30. The van der Waals surface area contributed by atoms with Crippen LogP contribution in [0.4, 0.5) is 0 Å². The molecule has 84 valence electrons. The van der Waals surface area contributed by atoms with Gasteiger partial charge in [-0.25, -0.2) is 0 Å². The van der Waals surface area contributed by atoms with Crippen LogP contribution in [0, 0.1) is 0 Å². The zero-order chi connectivity index (χ0) is 10.4. The molecule has 0 aliphatic heterocycles. The predicted octanol–water partition coefficient (Wildman–Crippen LogP) is 0.798. The van der Waals surface area contributed by atoms with E-state index >= 15 is 0 Å². The van der Waals surface area contributed by atoms with Gasteiger partial charge in [0.25, 0.3) is 0 Å². The van der Waals surface area contributed by atoms with Crippen LogP contribution in [0.2, 0.25) is 0 Å². The zero-order valence-electron chi connectivity index (χ0n) is 9.63. The number of nitrogens with one attached hydrogen (secondary N) is 1. The summed E-state index contributed by atoms with van der Waals surface area (Å²) >= 11 is 0. The molecule has 1 saturated carbocycles. The lowest BCUT2D eigenvalue weighted by molar-refractivity contribution is 0.294. The molecule has 0 spiro atoms. The van der Waals surface area contributed by atoms with Crippen LogP contribution in [0.25, 0.3) is 0 Å². The van der Waals surface area contributed by atoms with E-state index in [1.165, 1.54) is 19.3 Å². The Balaban J connectivity index is 2.08. The summed E-state index contributed by atoms with van der Waals surface area (Å²) in [6.07, 6.45) is 3.76. The summed E-state index contributed by atoms with van der Waals surface area (Å²) in [6, 6.07) is 0.970. The normalized spacial score (nSPS) is 27.4. The van der Waals surface area contributed by atoms with Crippen molar-refractivity contribution in [1.29, 1.82) is 0 Å². The Labute approximate surface area is 88.0 Å². The Morgan fingerprint density at radius 3 is 2.50 bits per heavy atom. The van der Waals surface area contributed by atoms with Gasteiger partial charge in [-0.3, -0.25) is 0 Å². The van der Waals surface area contributed by atoms with E-state index in [9.17, 15) is 0 Å². The average Bonchev–Trinajstić information content (AvgIpc) is 2.59. The summed E-state index contributed by atoms with van der Waals surface area (Å²) in [5.41, 5.74) is 5.98. The van der Waals surface area contributed by atoms with Gasteiger partial charge < -0.3 is 16.0 Å². The van der Waals surface area contributed by atoms with Crippen LogP contribution in [0.1, 0.15) is 33.1 Å². The van der Waals surface area contributed by atoms with Crippen LogP contribution in [0.3, 0.4) is 0 Å². The standard InChI is InChI=1S/C11H25N3/c1-3-14(4-2)9-8-13-11-7-5-6-10(11)12/h10-11,13H,3-9,12H2,1-2H3/t10-,11+/m1/s1. The zero-order valence-corrected chi connectivity index (χ0v) is 9.63. The molecule has 0 saturated heterocycles. The highest BCUT2D eigenvalue weighted by atomic mass is 15.1. The monoisotopic (exact) mass is 199 g/mol. The average molecular weight is 199 g/mol. The van der Waals surface area contributed by atoms with Crippen LogP contribution >= 0.6 is 0 Å². The summed E-state index contributed by atoms with van der Waals surface area (Å²) in [5.74, 6) is 0. The van der Waals surface area contributed by atoms with Crippen molar-refractivity contribution in [2.75, 3.05) is 26.2 Å². The van der Waals surface area contributed by atoms with Crippen LogP contribution < -0.4 is 11.1 Å². The van der Waals surface area contributed by atoms with E-state index in [0.29, 0.717) is 12.1 Å². The molecule has 0 amide bonds. The first-order chi connectivity index (χ1) is 6.77. The quantitative estimate of drug-likeness (QED) is 0.665. The molecule has 1 aliphatic carbocycles. The lowest BCUT2D eigenvalue weighted by Gasteiger charge is -2.21. The van der Waals surface area contributed by atoms with Gasteiger partial charge in [-0.2, -0.15) is 0 Å². The fraction of sp³-hybridized carbons (Fsp3) is 1.00. The molecular weight excluding hydrogens is 174 g/mol. The number of rotatable bonds is 6. The molecule has 3 heteroatoms. The first kappa shape index (κ1) is 12.0. The molecule has 14 heavy (non-hydrogen) atoms. The highest BCUT2D eigenvalue weighted by Gasteiger charge is 2.22. The fourth-order valence-electron chi connectivity index (χ4n) is 2.19. The van der Waals surface area contributed by atoms with Gasteiger partial charge in [-0.15, -0.1) is 0 Å². The Kier molecular flexibility index (Phi) is 5.45. The van der Waals surface area contributed by atoms with E-state index in [-0.39, 0.29) is 0 Å². The molecule has 0 aromatic carbocycles. The van der Waals surface area contributed by atoms with Crippen LogP contribution in [-0.4, -0.2) is 43.2 Å². The van der Waals surface area contributed by atoms with Gasteiger partial charge in [-0.05, 0) is 25.9 Å². The number of nitrogens with two attached hydrogens (primary N) is 1. The Morgan fingerprint density at radius 2 is 2.00 bits per heavy atom. The van der Waals surface area contributed by atoms with Crippen LogP contribution in [-0.2, 0) is 0 Å². The first-order valence-corrected chi connectivity index (χ1v) is 5.99. The molecule has 3 N–H and O–H groups in total. The molecule has 1 aliphatic rings. The molecule has 0 unspecified atom stereocenters. The summed E-state index contributed by atoms with van der Waals surface area (Å²) < 4.78 is 0. The van der Waals surface area contributed by atoms with E-state index in [1.807, 2.05) is 0 Å². The summed E-state index contributed by atoms with van der Waals surface area (Å²) in [7, 11) is 0. The minimum Gasteiger partial charge on any atom is -0.326 e. The SMILES string of the molecule is CCN(CC)CCN[C@H]1CCC[C@H]1N. The molecule has 1 fully saturated rings. The van der Waals surface area contributed by atoms with Crippen molar-refractivity contribution in [1.82, 2.24) is 10.2 Å². The van der Waals surface area contributed by atoms with E-state index < -0.39 is 0 Å². The molecule has 0 heterocycles. The molecular formula is C11H25N3. The number of nitrogens with zero attached hydrogens (tertiary/aromatic N) is 1. The highest BCUT2D eigenvalue weighted by molar-refractivity contribution is 4.85. The lowest BCUT2D eigenvalue weighted by Crippen LogP contribution is -2.44. The van der Waals surface area contributed by atoms with Crippen molar-refractivity contribution in [3.63, 3.8) is 0 Å². The smallest absolute Gasteiger partial charge is 0.0219 e. The van der Waals surface area contributed by atoms with Gasteiger partial charge in [0.2, 0.25) is 0 Å². The Hall–Kier alpha value is -0.120. The van der Waals surface area contributed by atoms with Crippen molar-refractivity contribution in [2.45, 2.75) is 45.2 Å². The van der Waals surface area contributed by atoms with Crippen molar-refractivity contribution >= 4 is 0 Å². The summed E-state index contributed by atoms with van der Waals surface area (Å²) in [6.45, 7) is 8.95. The third kappa shape index (κ3) is 3.56. The van der Waals surface area contributed by atoms with Crippen LogP contribution in [0.5, 0.6) is 0 Å². The van der Waals surface area contributed by atoms with E-state index in [4.69, 9.17) is 5.73 Å². The predicted molar refractivity (Wildman–Crippen MR) is 61.4 cm³/mol. The summed E-state index contributed by atoms with van der Waals surface area (Å²) in [4.78, 5) is 2.44. The first-order valence-electron chi connectivity index (χ1n) is 5.99. The van der Waals surface area contributed by atoms with Crippen molar-refractivity contribution in [3.8, 4) is 0 Å². The minimum atomic E-state index is 0.395. The Bertz CT molecular complexity index is 145. The van der Waals surface area contributed by atoms with E-state index in [1.54, 1.807) is 0 Å². The van der Waals surface area contributed by atoms with Crippen molar-refractivity contribution in [3.05, 3.63) is 0 Å². The lowest BCUT2D eigenvalue weighted by atomic mass is 10.2. The van der Waals surface area contributed by atoms with Gasteiger partial charge >= 0.3 is 0 Å². The van der Waals surface area contributed by atoms with Gasteiger partial charge in [0.1, 0.15) is 0 Å². The second-order valence-corrected chi connectivity index (χ2v) is 4.18.